The van der Waals surface area contributed by atoms with Gasteiger partial charge in [0.2, 0.25) is 19.5 Å². The summed E-state index contributed by atoms with van der Waals surface area (Å²) in [6, 6.07) is 6.32. The molecule has 0 aromatic heterocycles. The molecule has 442 valence electrons. The van der Waals surface area contributed by atoms with Crippen LogP contribution in [0.2, 0.25) is 0 Å². The minimum atomic E-state index is -2.75. The first-order valence-electron chi connectivity index (χ1n) is 27.5. The Bertz CT molecular complexity index is 2950. The summed E-state index contributed by atoms with van der Waals surface area (Å²) < 4.78 is 57.5. The predicted octanol–water partition coefficient (Wildman–Crippen LogP) is 2.94. The summed E-state index contributed by atoms with van der Waals surface area (Å²) in [6.45, 7) is 6.46. The highest BCUT2D eigenvalue weighted by Gasteiger charge is 2.73. The molecule has 10 atom stereocenters. The number of aliphatic hydroxyl groups is 6. The van der Waals surface area contributed by atoms with Gasteiger partial charge in [-0.25, -0.2) is 9.59 Å². The van der Waals surface area contributed by atoms with Crippen LogP contribution in [0.1, 0.15) is 132 Å². The van der Waals surface area contributed by atoms with Crippen LogP contribution in [0.3, 0.4) is 0 Å². The molecule has 6 N–H and O–H groups in total. The van der Waals surface area contributed by atoms with Crippen LogP contribution in [0.5, 0.6) is 23.0 Å². The molecule has 1 amide bonds. The number of rotatable bonds is 19. The van der Waals surface area contributed by atoms with Crippen LogP contribution in [0.15, 0.2) is 47.9 Å². The number of carbonyl (C=O) groups is 5. The van der Waals surface area contributed by atoms with Gasteiger partial charge in [0.05, 0.1) is 81.3 Å². The van der Waals surface area contributed by atoms with Crippen molar-refractivity contribution >= 4 is 29.8 Å². The Morgan fingerprint density at radius 1 is 0.630 bits per heavy atom. The smallest absolute Gasteiger partial charge is 0.341 e. The van der Waals surface area contributed by atoms with Crippen LogP contribution < -0.4 is 18.9 Å². The number of esters is 4. The van der Waals surface area contributed by atoms with Gasteiger partial charge in [-0.15, -0.1) is 0 Å². The van der Waals surface area contributed by atoms with E-state index in [0.717, 1.165) is 14.2 Å². The fraction of sp³-hybridized carbons (Fsp3) is 0.638. The van der Waals surface area contributed by atoms with Crippen LogP contribution in [0, 0.1) is 5.92 Å². The zero-order valence-corrected chi connectivity index (χ0v) is 47.0. The van der Waals surface area contributed by atoms with Crippen LogP contribution in [-0.2, 0) is 65.2 Å². The molecule has 23 heteroatoms. The molecule has 2 aliphatic carbocycles. The van der Waals surface area contributed by atoms with E-state index in [0.29, 0.717) is 58.1 Å². The molecule has 6 aliphatic heterocycles. The number of ether oxygens (including phenoxy) is 10. The Kier molecular flexibility index (Phi) is 14.7. The van der Waals surface area contributed by atoms with Crippen LogP contribution in [-0.4, -0.2) is 176 Å². The van der Waals surface area contributed by atoms with Crippen molar-refractivity contribution in [2.45, 2.75) is 174 Å². The Morgan fingerprint density at radius 2 is 1.06 bits per heavy atom. The van der Waals surface area contributed by atoms with E-state index < -0.39 is 106 Å². The molecule has 0 radical (unpaired) electrons. The van der Waals surface area contributed by atoms with Crippen LogP contribution in [0.4, 0.5) is 0 Å². The quantitative estimate of drug-likeness (QED) is 0.0669. The third kappa shape index (κ3) is 9.82. The van der Waals surface area contributed by atoms with E-state index in [1.165, 1.54) is 14.2 Å². The summed E-state index contributed by atoms with van der Waals surface area (Å²) in [7, 11) is 4.78. The van der Waals surface area contributed by atoms with Crippen LogP contribution >= 0.6 is 0 Å². The SMILES string of the molecule is COC(=O)C[C@](O)(CCCC(C)(C)O)C(=O)O[C@@]1(O)C(OC)=C[C@]23CC(C4CC[C@]56C=C(OC)[C@](O)(OC(=O)[C@@](O)(CCCC(C)(C)O)CC(=O)OC)[C@H]5c5cc7c(cc5CCN46)OCO7)C(=O)N2CCc2cc4c(cc2[C@H]13)OCO4. The molecular weight excluding hydrogens is 1060 g/mol. The third-order valence-electron chi connectivity index (χ3n) is 18.0. The average Bonchev–Trinajstić information content (AvgIpc) is 4.08. The fourth-order valence-corrected chi connectivity index (χ4v) is 14.3. The molecule has 2 spiro atoms. The molecular formula is C58H74N2O21. The van der Waals surface area contributed by atoms with Crippen molar-refractivity contribution in [2.24, 2.45) is 5.92 Å². The van der Waals surface area contributed by atoms with Crippen LogP contribution in [0.25, 0.3) is 0 Å². The van der Waals surface area contributed by atoms with Gasteiger partial charge in [-0.3, -0.25) is 19.3 Å². The first-order valence-corrected chi connectivity index (χ1v) is 27.5. The van der Waals surface area contributed by atoms with E-state index in [2.05, 4.69) is 4.90 Å². The second-order valence-corrected chi connectivity index (χ2v) is 24.3. The van der Waals surface area contributed by atoms with Gasteiger partial charge in [-0.05, 0) is 157 Å². The summed E-state index contributed by atoms with van der Waals surface area (Å²) >= 11 is 0. The van der Waals surface area contributed by atoms with Crippen molar-refractivity contribution in [2.75, 3.05) is 55.1 Å². The van der Waals surface area contributed by atoms with Gasteiger partial charge in [0, 0.05) is 19.1 Å². The zero-order chi connectivity index (χ0) is 58.5. The largest absolute Gasteiger partial charge is 0.494 e. The number of carbonyl (C=O) groups excluding carboxylic acids is 5. The Balaban J connectivity index is 1.05. The van der Waals surface area contributed by atoms with Gasteiger partial charge < -0.3 is 82.9 Å². The van der Waals surface area contributed by atoms with Gasteiger partial charge in [0.1, 0.15) is 0 Å². The van der Waals surface area contributed by atoms with Gasteiger partial charge in [0.15, 0.2) is 45.7 Å². The molecule has 23 nitrogen and oxygen atoms in total. The first kappa shape index (κ1) is 58.0. The van der Waals surface area contributed by atoms with Crippen molar-refractivity contribution in [1.82, 2.24) is 9.80 Å². The highest BCUT2D eigenvalue weighted by molar-refractivity contribution is 5.88. The second-order valence-electron chi connectivity index (χ2n) is 24.3. The molecule has 2 saturated heterocycles. The molecule has 2 unspecified atom stereocenters. The predicted molar refractivity (Wildman–Crippen MR) is 279 cm³/mol. The molecule has 0 bridgehead atoms. The minimum absolute atomic E-state index is 0.00867. The van der Waals surface area contributed by atoms with Crippen molar-refractivity contribution in [3.05, 3.63) is 70.2 Å². The summed E-state index contributed by atoms with van der Waals surface area (Å²) in [4.78, 5) is 74.9. The number of benzene rings is 2. The van der Waals surface area contributed by atoms with Gasteiger partial charge in [-0.1, -0.05) is 0 Å². The zero-order valence-electron chi connectivity index (χ0n) is 47.0. The topological polar surface area (TPSA) is 306 Å². The standard InChI is InChI=1S/C58H74N2O21/c1-51(2,66)14-9-16-55(68,28-44(61)74-7)49(64)80-57(70)42(72-5)26-53-18-11-37(59(53)19-12-32-21-38-40(78-30-76-38)23-34(32)46(53)57)36-25-54-27-43(73-6)58(71,81-50(65)56(69,29-45(62)75-8)17-10-15-52(3,4)67)47(54)35-24-41-39(77-31-79-41)22-33(35)13-20-60(54)48(36)63/h21-24,26-27,36-37,46-47,66-71H,9-20,25,28-31H2,1-8H3/t36?,37?,46-,47-,53-,54-,55+,56+,57-,58-/m0/s1. The monoisotopic (exact) mass is 1130 g/mol. The van der Waals surface area contributed by atoms with E-state index in [1.54, 1.807) is 69.0 Å². The minimum Gasteiger partial charge on any atom is -0.494 e. The normalized spacial score (nSPS) is 30.1. The maximum atomic E-state index is 15.9. The summed E-state index contributed by atoms with van der Waals surface area (Å²) in [5.41, 5.74) is -8.04. The molecule has 8 aliphatic rings. The van der Waals surface area contributed by atoms with E-state index in [9.17, 15) is 49.8 Å². The summed E-state index contributed by atoms with van der Waals surface area (Å²) in [5, 5.41) is 72.2. The maximum Gasteiger partial charge on any atom is 0.341 e. The lowest BCUT2D eigenvalue weighted by Crippen LogP contribution is -2.57. The van der Waals surface area contributed by atoms with E-state index in [1.807, 2.05) is 0 Å². The molecule has 6 heterocycles. The van der Waals surface area contributed by atoms with Crippen molar-refractivity contribution in [3.63, 3.8) is 0 Å². The van der Waals surface area contributed by atoms with Crippen molar-refractivity contribution in [1.29, 1.82) is 0 Å². The number of hydrogen-bond acceptors (Lipinski definition) is 22. The first-order chi connectivity index (χ1) is 38.1. The Morgan fingerprint density at radius 3 is 1.51 bits per heavy atom. The molecule has 2 aromatic rings. The second kappa shape index (κ2) is 20.6. The molecule has 10 rings (SSSR count). The highest BCUT2D eigenvalue weighted by Crippen LogP contribution is 2.65. The fourth-order valence-electron chi connectivity index (χ4n) is 14.3. The lowest BCUT2D eigenvalue weighted by atomic mass is 9.74. The number of methoxy groups -OCH3 is 4. The molecule has 2 fully saturated rings. The van der Waals surface area contributed by atoms with Gasteiger partial charge >= 0.3 is 23.9 Å². The summed E-state index contributed by atoms with van der Waals surface area (Å²) in [6.07, 6.45) is 2.40. The Hall–Kier alpha value is -6.21. The molecule has 2 aromatic carbocycles. The van der Waals surface area contributed by atoms with Crippen molar-refractivity contribution in [3.8, 4) is 23.0 Å². The highest BCUT2D eigenvalue weighted by atomic mass is 16.7. The maximum absolute atomic E-state index is 15.9. The average molecular weight is 1140 g/mol. The van der Waals surface area contributed by atoms with Gasteiger partial charge in [-0.2, -0.15) is 0 Å². The van der Waals surface area contributed by atoms with Crippen molar-refractivity contribution < 1.29 is 102 Å². The van der Waals surface area contributed by atoms with Gasteiger partial charge in [0.25, 0.3) is 11.6 Å². The van der Waals surface area contributed by atoms with E-state index in [4.69, 9.17) is 47.4 Å². The lowest BCUT2D eigenvalue weighted by molar-refractivity contribution is -0.234. The number of fused-ring (bicyclic) bond motifs is 6. The molecule has 81 heavy (non-hydrogen) atoms. The Labute approximate surface area is 468 Å². The lowest BCUT2D eigenvalue weighted by Gasteiger charge is -2.44. The number of amides is 1. The molecule has 0 saturated carbocycles. The number of nitrogens with zero attached hydrogens (tertiary/aromatic N) is 2. The third-order valence-corrected chi connectivity index (χ3v) is 18.0. The van der Waals surface area contributed by atoms with E-state index in [-0.39, 0.29) is 102 Å². The van der Waals surface area contributed by atoms with E-state index >= 15 is 4.79 Å². The number of hydrogen-bond donors (Lipinski definition) is 6. The summed E-state index contributed by atoms with van der Waals surface area (Å²) in [5.74, 6) is -12.7.